The molecule has 1 aliphatic rings. The van der Waals surface area contributed by atoms with E-state index < -0.39 is 0 Å². The van der Waals surface area contributed by atoms with E-state index in [0.29, 0.717) is 11.6 Å². The van der Waals surface area contributed by atoms with Crippen molar-refractivity contribution in [3.63, 3.8) is 0 Å². The Balaban J connectivity index is 1.61. The maximum atomic E-state index is 12.4. The standard InChI is InChI=1S/C19H23N3O2/c1-12(23)16-10-17(22-21-16)18(24)20-19(2,3)11-13-8-14-6-4-5-7-15(14)9-13/h4-7,10,13H,8-9,11H2,1-3H3,(H,20,24)(H,21,22). The molecular formula is C19H23N3O2. The molecule has 24 heavy (non-hydrogen) atoms. The molecule has 1 amide bonds. The van der Waals surface area contributed by atoms with Gasteiger partial charge in [-0.1, -0.05) is 24.3 Å². The van der Waals surface area contributed by atoms with E-state index in [4.69, 9.17) is 0 Å². The summed E-state index contributed by atoms with van der Waals surface area (Å²) in [5.74, 6) is 0.149. The van der Waals surface area contributed by atoms with Gasteiger partial charge in [0.1, 0.15) is 11.4 Å². The number of rotatable bonds is 5. The van der Waals surface area contributed by atoms with Gasteiger partial charge in [0.05, 0.1) is 0 Å². The van der Waals surface area contributed by atoms with Gasteiger partial charge < -0.3 is 5.32 Å². The van der Waals surface area contributed by atoms with Gasteiger partial charge in [0.15, 0.2) is 5.78 Å². The van der Waals surface area contributed by atoms with Gasteiger partial charge in [0, 0.05) is 12.5 Å². The molecule has 2 N–H and O–H groups in total. The zero-order chi connectivity index (χ0) is 17.3. The fourth-order valence-electron chi connectivity index (χ4n) is 3.56. The Morgan fingerprint density at radius 1 is 1.25 bits per heavy atom. The predicted octanol–water partition coefficient (Wildman–Crippen LogP) is 2.93. The fraction of sp³-hybridized carbons (Fsp3) is 0.421. The van der Waals surface area contributed by atoms with Crippen LogP contribution in [0.2, 0.25) is 0 Å². The van der Waals surface area contributed by atoms with Crippen molar-refractivity contribution >= 4 is 11.7 Å². The quantitative estimate of drug-likeness (QED) is 0.830. The largest absolute Gasteiger partial charge is 0.346 e. The number of hydrogen-bond donors (Lipinski definition) is 2. The molecule has 1 aromatic carbocycles. The van der Waals surface area contributed by atoms with Gasteiger partial charge in [-0.2, -0.15) is 5.10 Å². The van der Waals surface area contributed by atoms with Gasteiger partial charge in [-0.15, -0.1) is 0 Å². The molecule has 1 heterocycles. The number of nitrogens with one attached hydrogen (secondary N) is 2. The van der Waals surface area contributed by atoms with Gasteiger partial charge in [0.25, 0.3) is 5.91 Å². The molecular weight excluding hydrogens is 302 g/mol. The van der Waals surface area contributed by atoms with Crippen LogP contribution in [0, 0.1) is 5.92 Å². The van der Waals surface area contributed by atoms with Crippen molar-refractivity contribution in [2.45, 2.75) is 45.6 Å². The third-order valence-corrected chi connectivity index (χ3v) is 4.57. The van der Waals surface area contributed by atoms with E-state index in [1.165, 1.54) is 24.1 Å². The molecule has 0 saturated heterocycles. The molecule has 0 spiro atoms. The highest BCUT2D eigenvalue weighted by Gasteiger charge is 2.30. The van der Waals surface area contributed by atoms with Crippen molar-refractivity contribution in [1.29, 1.82) is 0 Å². The van der Waals surface area contributed by atoms with Crippen LogP contribution in [0.15, 0.2) is 30.3 Å². The molecule has 126 valence electrons. The molecule has 0 fully saturated rings. The minimum absolute atomic E-state index is 0.159. The Bertz CT molecular complexity index is 751. The molecule has 0 bridgehead atoms. The normalized spacial score (nSPS) is 14.5. The monoisotopic (exact) mass is 325 g/mol. The Hall–Kier alpha value is -2.43. The lowest BCUT2D eigenvalue weighted by Gasteiger charge is -2.29. The lowest BCUT2D eigenvalue weighted by Crippen LogP contribution is -2.45. The van der Waals surface area contributed by atoms with Gasteiger partial charge in [-0.3, -0.25) is 14.7 Å². The number of ketones is 1. The van der Waals surface area contributed by atoms with E-state index in [1.807, 2.05) is 13.8 Å². The number of carbonyl (C=O) groups is 2. The number of hydrogen-bond acceptors (Lipinski definition) is 3. The van der Waals surface area contributed by atoms with Crippen LogP contribution >= 0.6 is 0 Å². The average Bonchev–Trinajstić information content (AvgIpc) is 3.12. The second kappa shape index (κ2) is 6.23. The molecule has 3 rings (SSSR count). The molecule has 0 unspecified atom stereocenters. The Kier molecular flexibility index (Phi) is 4.26. The minimum Gasteiger partial charge on any atom is -0.346 e. The number of amides is 1. The second-order valence-electron chi connectivity index (χ2n) is 7.31. The summed E-state index contributed by atoms with van der Waals surface area (Å²) >= 11 is 0. The second-order valence-corrected chi connectivity index (χ2v) is 7.31. The minimum atomic E-state index is -0.328. The summed E-state index contributed by atoms with van der Waals surface area (Å²) in [6, 6.07) is 10.0. The molecule has 5 nitrogen and oxygen atoms in total. The number of fused-ring (bicyclic) bond motifs is 1. The number of H-pyrrole nitrogens is 1. The van der Waals surface area contributed by atoms with Crippen LogP contribution in [-0.2, 0) is 12.8 Å². The molecule has 0 atom stereocenters. The van der Waals surface area contributed by atoms with Gasteiger partial charge in [0.2, 0.25) is 0 Å². The van der Waals surface area contributed by atoms with Crippen LogP contribution in [0.3, 0.4) is 0 Å². The number of Topliss-reactive ketones (excluding diaryl/α,β-unsaturated/α-hetero) is 1. The zero-order valence-electron chi connectivity index (χ0n) is 14.3. The SMILES string of the molecule is CC(=O)c1cc(C(=O)NC(C)(C)CC2Cc3ccccc3C2)[nH]n1. The first-order chi connectivity index (χ1) is 11.3. The summed E-state index contributed by atoms with van der Waals surface area (Å²) in [5.41, 5.74) is 3.12. The topological polar surface area (TPSA) is 74.8 Å². The molecule has 0 radical (unpaired) electrons. The summed E-state index contributed by atoms with van der Waals surface area (Å²) < 4.78 is 0. The first kappa shape index (κ1) is 16.4. The van der Waals surface area contributed by atoms with Crippen LogP contribution in [-0.4, -0.2) is 27.4 Å². The molecule has 2 aromatic rings. The van der Waals surface area contributed by atoms with Crippen molar-refractivity contribution in [1.82, 2.24) is 15.5 Å². The van der Waals surface area contributed by atoms with Gasteiger partial charge in [-0.05, 0) is 56.2 Å². The van der Waals surface area contributed by atoms with Crippen LogP contribution in [0.4, 0.5) is 0 Å². The van der Waals surface area contributed by atoms with Crippen molar-refractivity contribution in [3.05, 3.63) is 52.8 Å². The van der Waals surface area contributed by atoms with E-state index >= 15 is 0 Å². The number of benzene rings is 1. The van der Waals surface area contributed by atoms with Crippen LogP contribution in [0.25, 0.3) is 0 Å². The fourth-order valence-corrected chi connectivity index (χ4v) is 3.56. The first-order valence-corrected chi connectivity index (χ1v) is 8.30. The van der Waals surface area contributed by atoms with Gasteiger partial charge >= 0.3 is 0 Å². The lowest BCUT2D eigenvalue weighted by atomic mass is 9.88. The van der Waals surface area contributed by atoms with E-state index in [0.717, 1.165) is 19.3 Å². The maximum absolute atomic E-state index is 12.4. The molecule has 1 aliphatic carbocycles. The summed E-state index contributed by atoms with van der Waals surface area (Å²) in [6.45, 7) is 5.51. The molecule has 1 aromatic heterocycles. The molecule has 0 saturated carbocycles. The van der Waals surface area contributed by atoms with E-state index in [-0.39, 0.29) is 22.9 Å². The Labute approximate surface area is 141 Å². The van der Waals surface area contributed by atoms with Crippen molar-refractivity contribution in [2.75, 3.05) is 0 Å². The highest BCUT2D eigenvalue weighted by Crippen LogP contribution is 2.31. The van der Waals surface area contributed by atoms with Crippen LogP contribution < -0.4 is 5.32 Å². The molecule has 5 heteroatoms. The maximum Gasteiger partial charge on any atom is 0.269 e. The number of aromatic amines is 1. The summed E-state index contributed by atoms with van der Waals surface area (Å²) in [7, 11) is 0. The smallest absolute Gasteiger partial charge is 0.269 e. The average molecular weight is 325 g/mol. The number of aromatic nitrogens is 2. The van der Waals surface area contributed by atoms with E-state index in [9.17, 15) is 9.59 Å². The summed E-state index contributed by atoms with van der Waals surface area (Å²) in [5, 5.41) is 9.55. The third kappa shape index (κ3) is 3.55. The van der Waals surface area contributed by atoms with Crippen molar-refractivity contribution in [3.8, 4) is 0 Å². The number of carbonyl (C=O) groups excluding carboxylic acids is 2. The highest BCUT2D eigenvalue weighted by atomic mass is 16.2. The summed E-state index contributed by atoms with van der Waals surface area (Å²) in [6.07, 6.45) is 3.03. The zero-order valence-corrected chi connectivity index (χ0v) is 14.3. The van der Waals surface area contributed by atoms with E-state index in [1.54, 1.807) is 0 Å². The van der Waals surface area contributed by atoms with E-state index in [2.05, 4.69) is 39.8 Å². The van der Waals surface area contributed by atoms with Crippen molar-refractivity contribution in [2.24, 2.45) is 5.92 Å². The third-order valence-electron chi connectivity index (χ3n) is 4.57. The Morgan fingerprint density at radius 2 is 1.88 bits per heavy atom. The molecule has 0 aliphatic heterocycles. The van der Waals surface area contributed by atoms with Crippen LogP contribution in [0.1, 0.15) is 59.3 Å². The predicted molar refractivity (Wildman–Crippen MR) is 92.1 cm³/mol. The number of nitrogens with zero attached hydrogens (tertiary/aromatic N) is 1. The highest BCUT2D eigenvalue weighted by molar-refractivity contribution is 5.97. The summed E-state index contributed by atoms with van der Waals surface area (Å²) in [4.78, 5) is 23.7. The first-order valence-electron chi connectivity index (χ1n) is 8.30. The van der Waals surface area contributed by atoms with Crippen LogP contribution in [0.5, 0.6) is 0 Å². The Morgan fingerprint density at radius 3 is 2.42 bits per heavy atom. The van der Waals surface area contributed by atoms with Gasteiger partial charge in [-0.25, -0.2) is 0 Å². The van der Waals surface area contributed by atoms with Crippen molar-refractivity contribution < 1.29 is 9.59 Å². The lowest BCUT2D eigenvalue weighted by molar-refractivity contribution is 0.0896.